The number of carbonyl (C=O) groups excluding carboxylic acids is 1. The first kappa shape index (κ1) is 16.7. The molecule has 0 unspecified atom stereocenters. The Hall–Kier alpha value is -1.80. The van der Waals surface area contributed by atoms with E-state index in [2.05, 4.69) is 20.6 Å². The Morgan fingerprint density at radius 2 is 2.12 bits per heavy atom. The maximum atomic E-state index is 12.7. The van der Waals surface area contributed by atoms with Crippen molar-refractivity contribution >= 4 is 17.7 Å². The molecular weight excluding hydrogens is 338 g/mol. The van der Waals surface area contributed by atoms with E-state index in [0.717, 1.165) is 44.0 Å². The van der Waals surface area contributed by atoms with Crippen molar-refractivity contribution < 1.29 is 9.21 Å². The van der Waals surface area contributed by atoms with Crippen LogP contribution in [0.3, 0.4) is 0 Å². The number of oxazole rings is 1. The highest BCUT2D eigenvalue weighted by Gasteiger charge is 2.25. The molecular formula is C17H23N5O2S. The lowest BCUT2D eigenvalue weighted by atomic mass is 10.2. The molecule has 134 valence electrons. The van der Waals surface area contributed by atoms with Crippen LogP contribution in [0.4, 0.5) is 0 Å². The van der Waals surface area contributed by atoms with Gasteiger partial charge in [0, 0.05) is 44.2 Å². The Labute approximate surface area is 151 Å². The molecule has 7 nitrogen and oxygen atoms in total. The zero-order valence-electron chi connectivity index (χ0n) is 14.5. The van der Waals surface area contributed by atoms with Crippen LogP contribution in [-0.4, -0.2) is 61.6 Å². The van der Waals surface area contributed by atoms with Crippen LogP contribution >= 0.6 is 11.8 Å². The van der Waals surface area contributed by atoms with E-state index in [-0.39, 0.29) is 5.91 Å². The standard InChI is InChI=1S/C17H23N5O2S/c1-13-16(18-12-24-13)17(23)21-3-2-4-22-15(11-21)9-14(19-22)10-20-5-7-25-8-6-20/h9,12H,2-8,10-11H2,1H3. The summed E-state index contributed by atoms with van der Waals surface area (Å²) in [7, 11) is 0. The Bertz CT molecular complexity index is 750. The summed E-state index contributed by atoms with van der Waals surface area (Å²) < 4.78 is 7.25. The highest BCUT2D eigenvalue weighted by Crippen LogP contribution is 2.19. The van der Waals surface area contributed by atoms with Gasteiger partial charge in [-0.25, -0.2) is 4.98 Å². The van der Waals surface area contributed by atoms with Crippen molar-refractivity contribution in [1.29, 1.82) is 0 Å². The van der Waals surface area contributed by atoms with Crippen LogP contribution < -0.4 is 0 Å². The highest BCUT2D eigenvalue weighted by molar-refractivity contribution is 7.99. The molecule has 0 N–H and O–H groups in total. The molecule has 4 heterocycles. The van der Waals surface area contributed by atoms with E-state index in [1.807, 2.05) is 16.7 Å². The van der Waals surface area contributed by atoms with Crippen molar-refractivity contribution in [2.75, 3.05) is 31.1 Å². The average Bonchev–Trinajstić information content (AvgIpc) is 3.15. The summed E-state index contributed by atoms with van der Waals surface area (Å²) in [6.07, 6.45) is 2.23. The molecule has 2 aliphatic rings. The minimum Gasteiger partial charge on any atom is -0.448 e. The number of nitrogens with zero attached hydrogens (tertiary/aromatic N) is 5. The minimum absolute atomic E-state index is 0.0597. The minimum atomic E-state index is -0.0597. The second kappa shape index (κ2) is 7.21. The Morgan fingerprint density at radius 3 is 2.88 bits per heavy atom. The van der Waals surface area contributed by atoms with Crippen LogP contribution in [0.25, 0.3) is 0 Å². The number of thioether (sulfide) groups is 1. The van der Waals surface area contributed by atoms with Crippen LogP contribution in [0.5, 0.6) is 0 Å². The molecule has 0 radical (unpaired) electrons. The third kappa shape index (κ3) is 3.59. The second-order valence-corrected chi connectivity index (χ2v) is 7.80. The van der Waals surface area contributed by atoms with Crippen molar-refractivity contribution in [1.82, 2.24) is 24.6 Å². The van der Waals surface area contributed by atoms with Crippen LogP contribution in [0.15, 0.2) is 16.9 Å². The van der Waals surface area contributed by atoms with E-state index in [1.54, 1.807) is 6.92 Å². The van der Waals surface area contributed by atoms with Crippen LogP contribution in [0.2, 0.25) is 0 Å². The van der Waals surface area contributed by atoms with E-state index in [1.165, 1.54) is 17.9 Å². The zero-order valence-corrected chi connectivity index (χ0v) is 15.3. The van der Waals surface area contributed by atoms with Gasteiger partial charge in [0.25, 0.3) is 5.91 Å². The topological polar surface area (TPSA) is 67.4 Å². The predicted molar refractivity (Wildman–Crippen MR) is 95.4 cm³/mol. The number of aryl methyl sites for hydroxylation is 2. The van der Waals surface area contributed by atoms with Gasteiger partial charge in [0.1, 0.15) is 5.76 Å². The van der Waals surface area contributed by atoms with Crippen molar-refractivity contribution in [2.45, 2.75) is 33.0 Å². The summed E-state index contributed by atoms with van der Waals surface area (Å²) in [4.78, 5) is 21.1. The molecule has 1 saturated heterocycles. The summed E-state index contributed by atoms with van der Waals surface area (Å²) in [5.41, 5.74) is 2.63. The van der Waals surface area contributed by atoms with Gasteiger partial charge >= 0.3 is 0 Å². The first-order valence-electron chi connectivity index (χ1n) is 8.76. The van der Waals surface area contributed by atoms with Crippen molar-refractivity contribution in [3.63, 3.8) is 0 Å². The summed E-state index contributed by atoms with van der Waals surface area (Å²) in [5, 5.41) is 4.78. The van der Waals surface area contributed by atoms with Gasteiger partial charge in [-0.2, -0.15) is 16.9 Å². The second-order valence-electron chi connectivity index (χ2n) is 6.58. The molecule has 0 saturated carbocycles. The molecule has 0 bridgehead atoms. The first-order valence-corrected chi connectivity index (χ1v) is 9.91. The van der Waals surface area contributed by atoms with E-state index in [4.69, 9.17) is 9.52 Å². The Kier molecular flexibility index (Phi) is 4.80. The summed E-state index contributed by atoms with van der Waals surface area (Å²) in [6.45, 7) is 7.08. The SMILES string of the molecule is Cc1ocnc1C(=O)N1CCCn2nc(CN3CCSCC3)cc2C1. The smallest absolute Gasteiger partial charge is 0.276 e. The molecule has 0 atom stereocenters. The molecule has 2 aliphatic heterocycles. The van der Waals surface area contributed by atoms with Gasteiger partial charge < -0.3 is 9.32 Å². The van der Waals surface area contributed by atoms with Gasteiger partial charge in [0.05, 0.1) is 17.9 Å². The van der Waals surface area contributed by atoms with E-state index < -0.39 is 0 Å². The van der Waals surface area contributed by atoms with Crippen LogP contribution in [0.1, 0.15) is 34.1 Å². The fourth-order valence-corrected chi connectivity index (χ4v) is 4.40. The lowest BCUT2D eigenvalue weighted by molar-refractivity contribution is 0.0738. The molecule has 4 rings (SSSR count). The Morgan fingerprint density at radius 1 is 1.28 bits per heavy atom. The predicted octanol–water partition coefficient (Wildman–Crippen LogP) is 1.77. The Balaban J connectivity index is 1.48. The molecule has 1 amide bonds. The number of rotatable bonds is 3. The molecule has 1 fully saturated rings. The van der Waals surface area contributed by atoms with Gasteiger partial charge in [-0.15, -0.1) is 0 Å². The van der Waals surface area contributed by atoms with Gasteiger partial charge in [0.15, 0.2) is 12.1 Å². The van der Waals surface area contributed by atoms with E-state index in [9.17, 15) is 4.79 Å². The molecule has 25 heavy (non-hydrogen) atoms. The van der Waals surface area contributed by atoms with Crippen molar-refractivity contribution in [3.05, 3.63) is 35.3 Å². The summed E-state index contributed by atoms with van der Waals surface area (Å²) >= 11 is 2.02. The monoisotopic (exact) mass is 361 g/mol. The fraction of sp³-hybridized carbons (Fsp3) is 0.588. The number of hydrogen-bond acceptors (Lipinski definition) is 6. The van der Waals surface area contributed by atoms with Crippen LogP contribution in [0, 0.1) is 6.92 Å². The normalized spacial score (nSPS) is 18.8. The summed E-state index contributed by atoms with van der Waals surface area (Å²) in [6, 6.07) is 2.16. The van der Waals surface area contributed by atoms with Gasteiger partial charge in [-0.3, -0.25) is 14.4 Å². The van der Waals surface area contributed by atoms with Crippen LogP contribution in [-0.2, 0) is 19.6 Å². The third-order valence-corrected chi connectivity index (χ3v) is 5.73. The van der Waals surface area contributed by atoms with E-state index in [0.29, 0.717) is 24.5 Å². The largest absolute Gasteiger partial charge is 0.448 e. The molecule has 0 aromatic carbocycles. The first-order chi connectivity index (χ1) is 12.2. The third-order valence-electron chi connectivity index (χ3n) is 4.79. The molecule has 0 aliphatic carbocycles. The number of amides is 1. The molecule has 0 spiro atoms. The van der Waals surface area contributed by atoms with Gasteiger partial charge in [-0.05, 0) is 19.4 Å². The molecule has 2 aromatic rings. The average molecular weight is 361 g/mol. The molecule has 2 aromatic heterocycles. The number of carbonyl (C=O) groups is 1. The van der Waals surface area contributed by atoms with Crippen molar-refractivity contribution in [2.24, 2.45) is 0 Å². The van der Waals surface area contributed by atoms with E-state index >= 15 is 0 Å². The van der Waals surface area contributed by atoms with Gasteiger partial charge in [0.2, 0.25) is 0 Å². The molecule has 8 heteroatoms. The highest BCUT2D eigenvalue weighted by atomic mass is 32.2. The number of fused-ring (bicyclic) bond motifs is 1. The summed E-state index contributed by atoms with van der Waals surface area (Å²) in [5.74, 6) is 2.92. The number of hydrogen-bond donors (Lipinski definition) is 0. The fourth-order valence-electron chi connectivity index (χ4n) is 3.42. The quantitative estimate of drug-likeness (QED) is 0.830. The number of aromatic nitrogens is 3. The van der Waals surface area contributed by atoms with Gasteiger partial charge in [-0.1, -0.05) is 0 Å². The lowest BCUT2D eigenvalue weighted by Crippen LogP contribution is -2.32. The van der Waals surface area contributed by atoms with Crippen molar-refractivity contribution in [3.8, 4) is 0 Å². The maximum Gasteiger partial charge on any atom is 0.276 e. The zero-order chi connectivity index (χ0) is 17.2. The lowest BCUT2D eigenvalue weighted by Gasteiger charge is -2.25. The maximum absolute atomic E-state index is 12.7.